The first-order chi connectivity index (χ1) is 9.66. The number of benzene rings is 1. The number of hydrogen-bond acceptors (Lipinski definition) is 5. The minimum absolute atomic E-state index is 0.0980. The largest absolute Gasteiger partial charge is 0.481 e. The third-order valence-electron chi connectivity index (χ3n) is 2.84. The molecule has 0 aliphatic carbocycles. The second kappa shape index (κ2) is 6.64. The topological polar surface area (TPSA) is 127 Å². The third kappa shape index (κ3) is 4.23. The van der Waals surface area contributed by atoms with Crippen LogP contribution in [-0.2, 0) is 14.8 Å². The number of nitro groups is 1. The normalized spacial score (nSPS) is 11.3. The van der Waals surface area contributed by atoms with Crippen molar-refractivity contribution >= 4 is 21.7 Å². The molecule has 0 amide bonds. The molecule has 0 aliphatic heterocycles. The highest BCUT2D eigenvalue weighted by Gasteiger charge is 2.29. The van der Waals surface area contributed by atoms with Crippen molar-refractivity contribution in [2.24, 2.45) is 0 Å². The summed E-state index contributed by atoms with van der Waals surface area (Å²) in [6.07, 6.45) is -0.0787. The number of carboxylic acids is 1. The molecule has 2 N–H and O–H groups in total. The number of aryl methyl sites for hydroxylation is 2. The molecule has 1 aromatic rings. The standard InChI is InChI=1S/C12H16N2O6S/c1-8-5-6-9(2)12(11(8)14(17)18)21(19,20)13-7-3-4-10(15)16/h5-6,13H,3-4,7H2,1-2H3,(H,15,16). The van der Waals surface area contributed by atoms with Gasteiger partial charge in [-0.15, -0.1) is 0 Å². The Morgan fingerprint density at radius 2 is 1.90 bits per heavy atom. The van der Waals surface area contributed by atoms with Gasteiger partial charge in [0.25, 0.3) is 5.69 Å². The van der Waals surface area contributed by atoms with Gasteiger partial charge in [0.05, 0.1) is 4.92 Å². The minimum Gasteiger partial charge on any atom is -0.481 e. The van der Waals surface area contributed by atoms with Crippen molar-refractivity contribution in [3.63, 3.8) is 0 Å². The van der Waals surface area contributed by atoms with Crippen LogP contribution in [0.4, 0.5) is 5.69 Å². The molecule has 8 nitrogen and oxygen atoms in total. The number of carbonyl (C=O) groups is 1. The molecule has 9 heteroatoms. The highest BCUT2D eigenvalue weighted by molar-refractivity contribution is 7.89. The van der Waals surface area contributed by atoms with Crippen LogP contribution in [-0.4, -0.2) is 31.0 Å². The van der Waals surface area contributed by atoms with Crippen LogP contribution < -0.4 is 4.72 Å². The molecule has 21 heavy (non-hydrogen) atoms. The van der Waals surface area contributed by atoms with Gasteiger partial charge in [0.15, 0.2) is 4.90 Å². The van der Waals surface area contributed by atoms with E-state index < -0.39 is 26.6 Å². The van der Waals surface area contributed by atoms with E-state index in [2.05, 4.69) is 4.72 Å². The lowest BCUT2D eigenvalue weighted by atomic mass is 10.1. The smallest absolute Gasteiger partial charge is 0.303 e. The fourth-order valence-corrected chi connectivity index (χ4v) is 3.39. The molecule has 0 aliphatic rings. The van der Waals surface area contributed by atoms with Gasteiger partial charge in [0.2, 0.25) is 10.0 Å². The number of nitro benzene ring substituents is 1. The molecule has 116 valence electrons. The van der Waals surface area contributed by atoms with Gasteiger partial charge in [0.1, 0.15) is 0 Å². The van der Waals surface area contributed by atoms with Crippen LogP contribution in [0.3, 0.4) is 0 Å². The number of sulfonamides is 1. The van der Waals surface area contributed by atoms with Crippen LogP contribution in [0.2, 0.25) is 0 Å². The Hall–Kier alpha value is -2.00. The van der Waals surface area contributed by atoms with Gasteiger partial charge in [-0.3, -0.25) is 14.9 Å². The molecule has 0 bridgehead atoms. The van der Waals surface area contributed by atoms with Crippen molar-refractivity contribution in [1.82, 2.24) is 4.72 Å². The predicted octanol–water partition coefficient (Wildman–Crippen LogP) is 1.35. The number of nitrogens with zero attached hydrogens (tertiary/aromatic N) is 1. The SMILES string of the molecule is Cc1ccc(C)c(S(=O)(=O)NCCCC(=O)O)c1[N+](=O)[O-]. The van der Waals surface area contributed by atoms with E-state index in [-0.39, 0.29) is 35.4 Å². The van der Waals surface area contributed by atoms with Crippen LogP contribution in [0.15, 0.2) is 17.0 Å². The predicted molar refractivity (Wildman–Crippen MR) is 74.6 cm³/mol. The summed E-state index contributed by atoms with van der Waals surface area (Å²) in [7, 11) is -4.07. The quantitative estimate of drug-likeness (QED) is 0.444. The van der Waals surface area contributed by atoms with E-state index in [0.717, 1.165) is 0 Å². The van der Waals surface area contributed by atoms with Crippen LogP contribution in [0.5, 0.6) is 0 Å². The molecular weight excluding hydrogens is 300 g/mol. The number of aliphatic carboxylic acids is 1. The highest BCUT2D eigenvalue weighted by atomic mass is 32.2. The van der Waals surface area contributed by atoms with Crippen LogP contribution in [0, 0.1) is 24.0 Å². The summed E-state index contributed by atoms with van der Waals surface area (Å²) >= 11 is 0. The van der Waals surface area contributed by atoms with E-state index in [1.807, 2.05) is 0 Å². The zero-order chi connectivity index (χ0) is 16.2. The third-order valence-corrected chi connectivity index (χ3v) is 4.48. The maximum absolute atomic E-state index is 12.2. The van der Waals surface area contributed by atoms with E-state index in [1.54, 1.807) is 0 Å². The van der Waals surface area contributed by atoms with Gasteiger partial charge >= 0.3 is 5.97 Å². The van der Waals surface area contributed by atoms with Gasteiger partial charge in [-0.2, -0.15) is 0 Å². The Kier molecular flexibility index (Phi) is 5.39. The van der Waals surface area contributed by atoms with E-state index in [9.17, 15) is 23.3 Å². The van der Waals surface area contributed by atoms with Gasteiger partial charge in [-0.05, 0) is 25.8 Å². The maximum atomic E-state index is 12.2. The van der Waals surface area contributed by atoms with E-state index >= 15 is 0 Å². The first kappa shape index (κ1) is 17.1. The minimum atomic E-state index is -4.07. The fraction of sp³-hybridized carbons (Fsp3) is 0.417. The van der Waals surface area contributed by atoms with Crippen molar-refractivity contribution in [3.8, 4) is 0 Å². The summed E-state index contributed by atoms with van der Waals surface area (Å²) in [6.45, 7) is 2.83. The molecule has 1 rings (SSSR count). The van der Waals surface area contributed by atoms with Crippen molar-refractivity contribution in [1.29, 1.82) is 0 Å². The highest BCUT2D eigenvalue weighted by Crippen LogP contribution is 2.30. The molecule has 0 radical (unpaired) electrons. The Morgan fingerprint density at radius 3 is 2.43 bits per heavy atom. The number of hydrogen-bond donors (Lipinski definition) is 2. The summed E-state index contributed by atoms with van der Waals surface area (Å²) in [6, 6.07) is 2.98. The Labute approximate surface area is 122 Å². The lowest BCUT2D eigenvalue weighted by molar-refractivity contribution is -0.388. The lowest BCUT2D eigenvalue weighted by Gasteiger charge is -2.10. The molecule has 0 aromatic heterocycles. The van der Waals surface area contributed by atoms with Gasteiger partial charge in [0, 0.05) is 18.5 Å². The van der Waals surface area contributed by atoms with Crippen LogP contribution in [0.1, 0.15) is 24.0 Å². The molecule has 0 fully saturated rings. The first-order valence-corrected chi connectivity index (χ1v) is 7.61. The van der Waals surface area contributed by atoms with Crippen LogP contribution in [0.25, 0.3) is 0 Å². The van der Waals surface area contributed by atoms with Gasteiger partial charge in [-0.25, -0.2) is 13.1 Å². The van der Waals surface area contributed by atoms with E-state index in [1.165, 1.54) is 26.0 Å². The average molecular weight is 316 g/mol. The fourth-order valence-electron chi connectivity index (χ4n) is 1.85. The summed E-state index contributed by atoms with van der Waals surface area (Å²) in [4.78, 5) is 20.4. The second-order valence-corrected chi connectivity index (χ2v) is 6.23. The van der Waals surface area contributed by atoms with Gasteiger partial charge < -0.3 is 5.11 Å². The molecule has 0 spiro atoms. The summed E-state index contributed by atoms with van der Waals surface area (Å²) in [5.41, 5.74) is 0.0512. The Bertz CT molecular complexity index is 669. The molecule has 0 saturated heterocycles. The van der Waals surface area contributed by atoms with Crippen molar-refractivity contribution in [2.45, 2.75) is 31.6 Å². The first-order valence-electron chi connectivity index (χ1n) is 6.13. The van der Waals surface area contributed by atoms with Crippen molar-refractivity contribution in [2.75, 3.05) is 6.54 Å². The summed E-state index contributed by atoms with van der Waals surface area (Å²) in [5.74, 6) is -1.04. The molecule has 0 heterocycles. The summed E-state index contributed by atoms with van der Waals surface area (Å²) < 4.78 is 26.6. The number of carboxylic acid groups (broad SMARTS) is 1. The number of nitrogens with one attached hydrogen (secondary N) is 1. The van der Waals surface area contributed by atoms with Crippen molar-refractivity contribution < 1.29 is 23.2 Å². The van der Waals surface area contributed by atoms with Crippen LogP contribution >= 0.6 is 0 Å². The maximum Gasteiger partial charge on any atom is 0.303 e. The Morgan fingerprint density at radius 1 is 1.33 bits per heavy atom. The molecule has 1 aromatic carbocycles. The lowest BCUT2D eigenvalue weighted by Crippen LogP contribution is -2.27. The number of rotatable bonds is 7. The second-order valence-electron chi connectivity index (χ2n) is 4.53. The van der Waals surface area contributed by atoms with Crippen molar-refractivity contribution in [3.05, 3.63) is 33.4 Å². The Balaban J connectivity index is 3.11. The zero-order valence-electron chi connectivity index (χ0n) is 11.6. The van der Waals surface area contributed by atoms with E-state index in [4.69, 9.17) is 5.11 Å². The van der Waals surface area contributed by atoms with Gasteiger partial charge in [-0.1, -0.05) is 12.1 Å². The molecule has 0 unspecified atom stereocenters. The summed E-state index contributed by atoms with van der Waals surface area (Å²) in [5, 5.41) is 19.6. The molecule has 0 atom stereocenters. The zero-order valence-corrected chi connectivity index (χ0v) is 12.4. The molecular formula is C12H16N2O6S. The average Bonchev–Trinajstić information content (AvgIpc) is 2.36. The van der Waals surface area contributed by atoms with E-state index in [0.29, 0.717) is 0 Å². The monoisotopic (exact) mass is 316 g/mol. The molecule has 0 saturated carbocycles.